The van der Waals surface area contributed by atoms with Crippen LogP contribution >= 0.6 is 23.2 Å². The number of carbonyl (C=O) groups excluding carboxylic acids is 1. The van der Waals surface area contributed by atoms with Crippen molar-refractivity contribution in [3.63, 3.8) is 0 Å². The SMILES string of the molecule is C=CCC1(c2ccc(F)cc2)CCN(Cc2cc(Cl)ccc2Cl)C(=O)O1. The first-order chi connectivity index (χ1) is 12.4. The highest BCUT2D eigenvalue weighted by atomic mass is 35.5. The van der Waals surface area contributed by atoms with Gasteiger partial charge in [-0.05, 0) is 41.5 Å². The van der Waals surface area contributed by atoms with E-state index in [-0.39, 0.29) is 5.82 Å². The molecule has 1 fully saturated rings. The lowest BCUT2D eigenvalue weighted by atomic mass is 9.86. The van der Waals surface area contributed by atoms with Crippen LogP contribution in [0.1, 0.15) is 24.0 Å². The summed E-state index contributed by atoms with van der Waals surface area (Å²) in [5, 5.41) is 1.10. The minimum atomic E-state index is -0.832. The van der Waals surface area contributed by atoms with E-state index < -0.39 is 11.7 Å². The molecule has 1 amide bonds. The number of rotatable bonds is 5. The second kappa shape index (κ2) is 7.68. The van der Waals surface area contributed by atoms with E-state index >= 15 is 0 Å². The predicted octanol–water partition coefficient (Wildman–Crippen LogP) is 5.95. The standard InChI is InChI=1S/C20H18Cl2FNO2/c1-2-9-20(15-3-6-17(23)7-4-15)10-11-24(19(25)26-20)13-14-12-16(21)5-8-18(14)22/h2-8,12H,1,9-11,13H2. The predicted molar refractivity (Wildman–Crippen MR) is 101 cm³/mol. The molecule has 2 aromatic carbocycles. The Hall–Kier alpha value is -2.04. The normalized spacial score (nSPS) is 20.0. The third-order valence-electron chi connectivity index (χ3n) is 4.54. The number of hydrogen-bond donors (Lipinski definition) is 0. The second-order valence-corrected chi connectivity index (χ2v) is 7.11. The number of carbonyl (C=O) groups is 1. The van der Waals surface area contributed by atoms with Crippen molar-refractivity contribution in [2.24, 2.45) is 0 Å². The molecule has 0 N–H and O–H groups in total. The molecule has 1 aliphatic rings. The maximum atomic E-state index is 13.3. The first kappa shape index (κ1) is 18.7. The van der Waals surface area contributed by atoms with Gasteiger partial charge in [-0.1, -0.05) is 41.4 Å². The molecule has 0 aliphatic carbocycles. The molecule has 0 saturated carbocycles. The van der Waals surface area contributed by atoms with Crippen molar-refractivity contribution < 1.29 is 13.9 Å². The number of nitrogens with zero attached hydrogens (tertiary/aromatic N) is 1. The molecule has 0 bridgehead atoms. The summed E-state index contributed by atoms with van der Waals surface area (Å²) in [6, 6.07) is 11.2. The Morgan fingerprint density at radius 1 is 1.23 bits per heavy atom. The van der Waals surface area contributed by atoms with Crippen LogP contribution in [0.4, 0.5) is 9.18 Å². The van der Waals surface area contributed by atoms with Gasteiger partial charge in [0.05, 0.1) is 6.54 Å². The lowest BCUT2D eigenvalue weighted by Crippen LogP contribution is -2.47. The van der Waals surface area contributed by atoms with Gasteiger partial charge in [0.25, 0.3) is 0 Å². The van der Waals surface area contributed by atoms with Gasteiger partial charge >= 0.3 is 6.09 Å². The van der Waals surface area contributed by atoms with Gasteiger partial charge in [-0.15, -0.1) is 6.58 Å². The maximum absolute atomic E-state index is 13.3. The quantitative estimate of drug-likeness (QED) is 0.587. The van der Waals surface area contributed by atoms with Crippen LogP contribution in [0.15, 0.2) is 55.1 Å². The van der Waals surface area contributed by atoms with Gasteiger partial charge in [0.1, 0.15) is 11.4 Å². The number of benzene rings is 2. The molecule has 1 atom stereocenters. The van der Waals surface area contributed by atoms with Crippen molar-refractivity contribution in [2.45, 2.75) is 25.0 Å². The third kappa shape index (κ3) is 3.87. The summed E-state index contributed by atoms with van der Waals surface area (Å²) in [6.07, 6.45) is 2.28. The van der Waals surface area contributed by atoms with Crippen LogP contribution in [0, 0.1) is 5.82 Å². The van der Waals surface area contributed by atoms with E-state index in [4.69, 9.17) is 27.9 Å². The van der Waals surface area contributed by atoms with Gasteiger partial charge in [-0.2, -0.15) is 0 Å². The number of ether oxygens (including phenoxy) is 1. The van der Waals surface area contributed by atoms with E-state index in [0.717, 1.165) is 11.1 Å². The molecular formula is C20H18Cl2FNO2. The maximum Gasteiger partial charge on any atom is 0.410 e. The Kier molecular flexibility index (Phi) is 5.54. The lowest BCUT2D eigenvalue weighted by Gasteiger charge is -2.41. The van der Waals surface area contributed by atoms with Gasteiger partial charge in [-0.25, -0.2) is 9.18 Å². The van der Waals surface area contributed by atoms with Crippen LogP contribution in [0.2, 0.25) is 10.0 Å². The van der Waals surface area contributed by atoms with Crippen molar-refractivity contribution in [3.05, 3.63) is 82.1 Å². The van der Waals surface area contributed by atoms with Crippen LogP contribution in [-0.4, -0.2) is 17.5 Å². The smallest absolute Gasteiger partial charge is 0.410 e. The van der Waals surface area contributed by atoms with E-state index in [1.54, 1.807) is 41.3 Å². The fourth-order valence-electron chi connectivity index (χ4n) is 3.15. The molecule has 3 nitrogen and oxygen atoms in total. The van der Waals surface area contributed by atoms with E-state index in [9.17, 15) is 9.18 Å². The molecule has 0 spiro atoms. The summed E-state index contributed by atoms with van der Waals surface area (Å²) in [7, 11) is 0. The highest BCUT2D eigenvalue weighted by molar-refractivity contribution is 6.33. The Balaban J connectivity index is 1.81. The first-order valence-corrected chi connectivity index (χ1v) is 8.98. The van der Waals surface area contributed by atoms with Crippen LogP contribution < -0.4 is 0 Å². The Labute approximate surface area is 162 Å². The molecule has 2 aromatic rings. The van der Waals surface area contributed by atoms with Crippen molar-refractivity contribution >= 4 is 29.3 Å². The molecule has 1 saturated heterocycles. The summed E-state index contributed by atoms with van der Waals surface area (Å²) in [5.74, 6) is -0.332. The van der Waals surface area contributed by atoms with E-state index in [1.807, 2.05) is 0 Å². The van der Waals surface area contributed by atoms with Crippen LogP contribution in [0.5, 0.6) is 0 Å². The molecular weight excluding hydrogens is 376 g/mol. The number of halogens is 3. The van der Waals surface area contributed by atoms with Gasteiger partial charge < -0.3 is 9.64 Å². The zero-order valence-corrected chi connectivity index (χ0v) is 15.6. The summed E-state index contributed by atoms with van der Waals surface area (Å²) in [6.45, 7) is 4.56. The molecule has 6 heteroatoms. The molecule has 0 aromatic heterocycles. The second-order valence-electron chi connectivity index (χ2n) is 6.27. The molecule has 1 heterocycles. The molecule has 26 heavy (non-hydrogen) atoms. The zero-order valence-electron chi connectivity index (χ0n) is 14.1. The molecule has 3 rings (SSSR count). The van der Waals surface area contributed by atoms with Crippen LogP contribution in [0.3, 0.4) is 0 Å². The average molecular weight is 394 g/mol. The summed E-state index contributed by atoms with van der Waals surface area (Å²) in [4.78, 5) is 14.2. The van der Waals surface area contributed by atoms with Crippen molar-refractivity contribution in [3.8, 4) is 0 Å². The van der Waals surface area contributed by atoms with Gasteiger partial charge in [0.2, 0.25) is 0 Å². The largest absolute Gasteiger partial charge is 0.437 e. The fourth-order valence-corrected chi connectivity index (χ4v) is 3.53. The van der Waals surface area contributed by atoms with E-state index in [0.29, 0.717) is 36.0 Å². The summed E-state index contributed by atoms with van der Waals surface area (Å²) in [5.41, 5.74) is 0.683. The Morgan fingerprint density at radius 2 is 1.96 bits per heavy atom. The van der Waals surface area contributed by atoms with Crippen molar-refractivity contribution in [1.82, 2.24) is 4.90 Å². The van der Waals surface area contributed by atoms with E-state index in [1.165, 1.54) is 12.1 Å². The third-order valence-corrected chi connectivity index (χ3v) is 5.14. The fraction of sp³-hybridized carbons (Fsp3) is 0.250. The molecule has 136 valence electrons. The molecule has 1 unspecified atom stereocenters. The van der Waals surface area contributed by atoms with Gasteiger partial charge in [0.15, 0.2) is 0 Å². The van der Waals surface area contributed by atoms with Gasteiger partial charge in [0, 0.05) is 29.4 Å². The highest BCUT2D eigenvalue weighted by Gasteiger charge is 2.41. The monoisotopic (exact) mass is 393 g/mol. The zero-order chi connectivity index (χ0) is 18.7. The Morgan fingerprint density at radius 3 is 2.62 bits per heavy atom. The minimum Gasteiger partial charge on any atom is -0.437 e. The molecule has 0 radical (unpaired) electrons. The van der Waals surface area contributed by atoms with Crippen molar-refractivity contribution in [2.75, 3.05) is 6.54 Å². The number of hydrogen-bond acceptors (Lipinski definition) is 2. The Bertz CT molecular complexity index is 825. The van der Waals surface area contributed by atoms with Crippen LogP contribution in [0.25, 0.3) is 0 Å². The van der Waals surface area contributed by atoms with E-state index in [2.05, 4.69) is 6.58 Å². The van der Waals surface area contributed by atoms with Gasteiger partial charge in [-0.3, -0.25) is 0 Å². The molecule has 1 aliphatic heterocycles. The topological polar surface area (TPSA) is 29.5 Å². The van der Waals surface area contributed by atoms with Crippen LogP contribution in [-0.2, 0) is 16.9 Å². The summed E-state index contributed by atoms with van der Waals surface area (Å²) < 4.78 is 19.1. The first-order valence-electron chi connectivity index (χ1n) is 8.22. The number of amides is 1. The highest BCUT2D eigenvalue weighted by Crippen LogP contribution is 2.38. The average Bonchev–Trinajstić information content (AvgIpc) is 2.61. The van der Waals surface area contributed by atoms with Crippen molar-refractivity contribution in [1.29, 1.82) is 0 Å². The minimum absolute atomic E-state index is 0.311. The number of cyclic esters (lactones) is 1. The summed E-state index contributed by atoms with van der Waals surface area (Å²) >= 11 is 12.2. The lowest BCUT2D eigenvalue weighted by molar-refractivity contribution is -0.0529.